The summed E-state index contributed by atoms with van der Waals surface area (Å²) in [5.74, 6) is -0.994. The molecule has 3 saturated heterocycles. The molecule has 3 aliphatic heterocycles. The molecule has 1 aromatic carbocycles. The van der Waals surface area contributed by atoms with Gasteiger partial charge >= 0.3 is 12.1 Å². The number of amides is 3. The third kappa shape index (κ3) is 6.87. The average Bonchev–Trinajstić information content (AvgIpc) is 3.19. The Morgan fingerprint density at radius 3 is 2.43 bits per heavy atom. The van der Waals surface area contributed by atoms with Crippen molar-refractivity contribution in [2.45, 2.75) is 13.5 Å². The third-order valence-corrected chi connectivity index (χ3v) is 7.37. The van der Waals surface area contributed by atoms with E-state index in [1.165, 1.54) is 17.0 Å². The van der Waals surface area contributed by atoms with Gasteiger partial charge in [0.15, 0.2) is 11.6 Å². The lowest BCUT2D eigenvalue weighted by Crippen LogP contribution is -2.56. The van der Waals surface area contributed by atoms with E-state index in [0.29, 0.717) is 38.7 Å². The molecule has 1 aromatic heterocycles. The summed E-state index contributed by atoms with van der Waals surface area (Å²) < 4.78 is 40.7. The van der Waals surface area contributed by atoms with Crippen LogP contribution in [0.2, 0.25) is 0 Å². The lowest BCUT2D eigenvalue weighted by molar-refractivity contribution is 0.132. The van der Waals surface area contributed by atoms with E-state index in [0.717, 1.165) is 12.1 Å². The molecule has 0 saturated carbocycles. The van der Waals surface area contributed by atoms with Gasteiger partial charge in [0.2, 0.25) is 5.95 Å². The van der Waals surface area contributed by atoms with Crippen LogP contribution in [0, 0.1) is 11.6 Å². The summed E-state index contributed by atoms with van der Waals surface area (Å²) in [6.07, 6.45) is 2.08. The fourth-order valence-electron chi connectivity index (χ4n) is 4.96. The van der Waals surface area contributed by atoms with Crippen LogP contribution >= 0.6 is 12.2 Å². The van der Waals surface area contributed by atoms with Crippen LogP contribution in [0.25, 0.3) is 0 Å². The van der Waals surface area contributed by atoms with E-state index >= 15 is 8.78 Å². The minimum absolute atomic E-state index is 0. The number of nitrogens with zero attached hydrogens (tertiary/aromatic N) is 7. The number of cyclic esters (lactones) is 1. The van der Waals surface area contributed by atoms with Gasteiger partial charge in [-0.25, -0.2) is 33.8 Å². The Morgan fingerprint density at radius 1 is 1.10 bits per heavy atom. The second-order valence-electron chi connectivity index (χ2n) is 9.60. The van der Waals surface area contributed by atoms with E-state index in [-0.39, 0.29) is 62.7 Å². The molecule has 3 amide bonds. The highest BCUT2D eigenvalue weighted by Crippen LogP contribution is 2.31. The highest BCUT2D eigenvalue weighted by Gasteiger charge is 2.34. The SMILES string of the molecule is C.COC(=S)NC[C@H]1CN(c2cc(F)c(N3CCNN(C(=O)N4CCN(c5ncccn5)CC4)CC3)c(F)c2)C(=O)O1. The molecule has 2 aromatic rings. The highest BCUT2D eigenvalue weighted by molar-refractivity contribution is 7.80. The van der Waals surface area contributed by atoms with Crippen molar-refractivity contribution in [3.05, 3.63) is 42.2 Å². The molecule has 0 bridgehead atoms. The van der Waals surface area contributed by atoms with E-state index in [1.807, 2.05) is 4.90 Å². The number of methoxy groups -OCH3 is 1. The molecule has 4 heterocycles. The standard InChI is InChI=1S/C25H31F2N9O4S.CH4/c1-39-23(41)30-15-18-16-35(25(38)40-18)17-13-19(26)21(20(27)14-17)32-6-5-31-36(12-11-32)24(37)34-9-7-33(8-10-34)22-28-3-2-4-29-22;/h2-4,13-14,18,31H,5-12,15-16H2,1H3,(H,30,41);1H4/t18-;/m0./s1. The normalized spacial score (nSPS) is 19.2. The Balaban J connectivity index is 0.00000405. The first kappa shape index (κ1) is 30.9. The fourth-order valence-corrected chi connectivity index (χ4v) is 5.04. The number of aromatic nitrogens is 2. The summed E-state index contributed by atoms with van der Waals surface area (Å²) >= 11 is 4.91. The molecular formula is C26H35F2N9O4S. The summed E-state index contributed by atoms with van der Waals surface area (Å²) in [6.45, 7) is 3.49. The molecule has 5 rings (SSSR count). The molecular weight excluding hydrogens is 572 g/mol. The van der Waals surface area contributed by atoms with Crippen molar-refractivity contribution < 1.29 is 27.8 Å². The zero-order chi connectivity index (χ0) is 28.9. The van der Waals surface area contributed by atoms with Crippen LogP contribution in [0.4, 0.5) is 35.7 Å². The summed E-state index contributed by atoms with van der Waals surface area (Å²) in [5.41, 5.74) is 2.92. The Bertz CT molecular complexity index is 1250. The molecule has 0 radical (unpaired) electrons. The highest BCUT2D eigenvalue weighted by atomic mass is 32.1. The largest absolute Gasteiger partial charge is 0.474 e. The van der Waals surface area contributed by atoms with Gasteiger partial charge in [-0.05, 0) is 18.3 Å². The number of benzene rings is 1. The summed E-state index contributed by atoms with van der Waals surface area (Å²) in [6, 6.07) is 3.79. The first-order valence-electron chi connectivity index (χ1n) is 13.2. The van der Waals surface area contributed by atoms with E-state index in [4.69, 9.17) is 21.7 Å². The first-order chi connectivity index (χ1) is 19.8. The number of hydrogen-bond acceptors (Lipinski definition) is 10. The number of anilines is 3. The van der Waals surface area contributed by atoms with Crippen LogP contribution in [-0.4, -0.2) is 116 Å². The molecule has 42 heavy (non-hydrogen) atoms. The predicted octanol–water partition coefficient (Wildman–Crippen LogP) is 1.81. The van der Waals surface area contributed by atoms with Gasteiger partial charge in [0.25, 0.3) is 5.17 Å². The number of carbonyl (C=O) groups excluding carboxylic acids is 2. The number of hydrazine groups is 1. The number of urea groups is 1. The zero-order valence-corrected chi connectivity index (χ0v) is 23.3. The molecule has 0 aliphatic carbocycles. The molecule has 228 valence electrons. The Kier molecular flexibility index (Phi) is 10.1. The number of nitrogens with one attached hydrogen (secondary N) is 2. The maximum absolute atomic E-state index is 15.3. The van der Waals surface area contributed by atoms with Gasteiger partial charge in [-0.1, -0.05) is 7.43 Å². The monoisotopic (exact) mass is 607 g/mol. The first-order valence-corrected chi connectivity index (χ1v) is 13.6. The van der Waals surface area contributed by atoms with Crippen molar-refractivity contribution in [3.8, 4) is 0 Å². The number of carbonyl (C=O) groups is 2. The van der Waals surface area contributed by atoms with Crippen LogP contribution in [0.15, 0.2) is 30.6 Å². The van der Waals surface area contributed by atoms with E-state index in [1.54, 1.807) is 28.3 Å². The Hall–Kier alpha value is -4.05. The maximum Gasteiger partial charge on any atom is 0.414 e. The van der Waals surface area contributed by atoms with Crippen molar-refractivity contribution in [1.82, 2.24) is 30.6 Å². The molecule has 3 fully saturated rings. The minimum Gasteiger partial charge on any atom is -0.474 e. The van der Waals surface area contributed by atoms with Crippen molar-refractivity contribution in [3.63, 3.8) is 0 Å². The number of hydrogen-bond donors (Lipinski definition) is 2. The van der Waals surface area contributed by atoms with Crippen LogP contribution in [0.3, 0.4) is 0 Å². The van der Waals surface area contributed by atoms with Crippen molar-refractivity contribution >= 4 is 46.8 Å². The smallest absolute Gasteiger partial charge is 0.414 e. The molecule has 0 spiro atoms. The second kappa shape index (κ2) is 13.7. The van der Waals surface area contributed by atoms with Crippen molar-refractivity contribution in [2.24, 2.45) is 0 Å². The molecule has 13 nitrogen and oxygen atoms in total. The minimum atomic E-state index is -0.811. The lowest BCUT2D eigenvalue weighted by Gasteiger charge is -2.37. The molecule has 1 atom stereocenters. The second-order valence-corrected chi connectivity index (χ2v) is 9.97. The van der Waals surface area contributed by atoms with Gasteiger partial charge in [-0.2, -0.15) is 0 Å². The number of piperazine rings is 1. The van der Waals surface area contributed by atoms with Gasteiger partial charge < -0.3 is 29.5 Å². The van der Waals surface area contributed by atoms with E-state index in [2.05, 4.69) is 20.7 Å². The molecule has 0 unspecified atom stereocenters. The zero-order valence-electron chi connectivity index (χ0n) is 22.5. The van der Waals surface area contributed by atoms with Crippen LogP contribution in [0.1, 0.15) is 7.43 Å². The summed E-state index contributed by atoms with van der Waals surface area (Å²) in [7, 11) is 1.41. The Morgan fingerprint density at radius 2 is 1.76 bits per heavy atom. The third-order valence-electron chi connectivity index (χ3n) is 7.06. The molecule has 3 aliphatic rings. The van der Waals surface area contributed by atoms with Crippen LogP contribution < -0.4 is 25.4 Å². The van der Waals surface area contributed by atoms with Crippen LogP contribution in [0.5, 0.6) is 0 Å². The summed E-state index contributed by atoms with van der Waals surface area (Å²) in [4.78, 5) is 40.6. The van der Waals surface area contributed by atoms with Crippen LogP contribution in [-0.2, 0) is 9.47 Å². The van der Waals surface area contributed by atoms with Crippen molar-refractivity contribution in [2.75, 3.05) is 87.3 Å². The van der Waals surface area contributed by atoms with Gasteiger partial charge in [-0.15, -0.1) is 0 Å². The van der Waals surface area contributed by atoms with Crippen molar-refractivity contribution in [1.29, 1.82) is 0 Å². The Labute approximate surface area is 248 Å². The van der Waals surface area contributed by atoms with E-state index in [9.17, 15) is 9.59 Å². The van der Waals surface area contributed by atoms with Gasteiger partial charge in [0.05, 0.1) is 32.4 Å². The molecule has 16 heteroatoms. The number of halogens is 2. The van der Waals surface area contributed by atoms with Gasteiger partial charge in [0.1, 0.15) is 11.8 Å². The predicted molar refractivity (Wildman–Crippen MR) is 156 cm³/mol. The molecule has 2 N–H and O–H groups in total. The number of rotatable bonds is 5. The van der Waals surface area contributed by atoms with E-state index < -0.39 is 23.8 Å². The van der Waals surface area contributed by atoms with Gasteiger partial charge in [-0.3, -0.25) is 9.91 Å². The quantitative estimate of drug-likeness (QED) is 0.485. The topological polar surface area (TPSA) is 119 Å². The lowest BCUT2D eigenvalue weighted by atomic mass is 10.2. The average molecular weight is 608 g/mol. The fraction of sp³-hybridized carbons (Fsp3) is 0.500. The number of ether oxygens (including phenoxy) is 2. The summed E-state index contributed by atoms with van der Waals surface area (Å²) in [5, 5.41) is 4.43. The number of thiocarbonyl (C=S) groups is 1. The maximum atomic E-state index is 15.3. The van der Waals surface area contributed by atoms with Gasteiger partial charge in [0, 0.05) is 70.3 Å².